The number of halogens is 1. The molecule has 1 saturated carbocycles. The number of nitrogens with one attached hydrogen (secondary N) is 1. The van der Waals surface area contributed by atoms with Crippen molar-refractivity contribution in [1.82, 2.24) is 10.3 Å². The first-order valence-electron chi connectivity index (χ1n) is 7.34. The zero-order valence-electron chi connectivity index (χ0n) is 12.1. The number of carbonyl (C=O) groups is 1. The summed E-state index contributed by atoms with van der Waals surface area (Å²) in [6.45, 7) is 2.54. The second kappa shape index (κ2) is 7.61. The standard InChI is InChI=1S/C15H21ClN2O3/c1-2-3-11(8-19)18-15(20)13-6-14(12(16)7-17-13)21-9-10-4-5-10/h6-7,10-11,19H,2-5,8-9H2,1H3,(H,18,20)/t11-/m1/s1. The maximum atomic E-state index is 12.1. The van der Waals surface area contributed by atoms with Crippen molar-refractivity contribution in [1.29, 1.82) is 0 Å². The van der Waals surface area contributed by atoms with Crippen molar-refractivity contribution >= 4 is 17.5 Å². The Hall–Kier alpha value is -1.33. The molecule has 1 heterocycles. The van der Waals surface area contributed by atoms with Gasteiger partial charge in [0.15, 0.2) is 0 Å². The minimum Gasteiger partial charge on any atom is -0.492 e. The molecule has 6 heteroatoms. The van der Waals surface area contributed by atoms with E-state index in [2.05, 4.69) is 10.3 Å². The highest BCUT2D eigenvalue weighted by molar-refractivity contribution is 6.32. The Labute approximate surface area is 129 Å². The zero-order valence-corrected chi connectivity index (χ0v) is 12.9. The van der Waals surface area contributed by atoms with Crippen LogP contribution in [0.2, 0.25) is 5.02 Å². The van der Waals surface area contributed by atoms with Gasteiger partial charge in [-0.1, -0.05) is 24.9 Å². The molecule has 0 spiro atoms. The van der Waals surface area contributed by atoms with Gasteiger partial charge in [0, 0.05) is 6.07 Å². The molecule has 1 aromatic rings. The predicted octanol–water partition coefficient (Wildman–Crippen LogP) is 2.41. The maximum Gasteiger partial charge on any atom is 0.270 e. The van der Waals surface area contributed by atoms with Crippen molar-refractivity contribution in [2.75, 3.05) is 13.2 Å². The monoisotopic (exact) mass is 312 g/mol. The number of carbonyl (C=O) groups excluding carboxylic acids is 1. The van der Waals surface area contributed by atoms with Crippen LogP contribution in [-0.4, -0.2) is 35.3 Å². The number of aromatic nitrogens is 1. The molecule has 2 rings (SSSR count). The van der Waals surface area contributed by atoms with Crippen molar-refractivity contribution in [2.24, 2.45) is 5.92 Å². The lowest BCUT2D eigenvalue weighted by Crippen LogP contribution is -2.37. The van der Waals surface area contributed by atoms with Crippen molar-refractivity contribution in [3.63, 3.8) is 0 Å². The fourth-order valence-corrected chi connectivity index (χ4v) is 2.12. The molecule has 116 valence electrons. The summed E-state index contributed by atoms with van der Waals surface area (Å²) in [6, 6.07) is 1.30. The number of ether oxygens (including phenoxy) is 1. The third-order valence-electron chi connectivity index (χ3n) is 3.42. The number of aliphatic hydroxyl groups excluding tert-OH is 1. The number of aliphatic hydroxyl groups is 1. The summed E-state index contributed by atoms with van der Waals surface area (Å²) in [5, 5.41) is 12.4. The van der Waals surface area contributed by atoms with E-state index in [1.165, 1.54) is 19.0 Å². The highest BCUT2D eigenvalue weighted by Gasteiger charge is 2.23. The minimum absolute atomic E-state index is 0.0851. The highest BCUT2D eigenvalue weighted by Crippen LogP contribution is 2.31. The van der Waals surface area contributed by atoms with Crippen molar-refractivity contribution in [2.45, 2.75) is 38.6 Å². The second-order valence-electron chi connectivity index (χ2n) is 5.40. The van der Waals surface area contributed by atoms with Crippen LogP contribution in [0.3, 0.4) is 0 Å². The summed E-state index contributed by atoms with van der Waals surface area (Å²) in [4.78, 5) is 16.1. The van der Waals surface area contributed by atoms with Crippen LogP contribution in [0.15, 0.2) is 12.3 Å². The number of hydrogen-bond donors (Lipinski definition) is 2. The molecule has 0 unspecified atom stereocenters. The van der Waals surface area contributed by atoms with E-state index in [1.807, 2.05) is 6.92 Å². The van der Waals surface area contributed by atoms with E-state index < -0.39 is 0 Å². The summed E-state index contributed by atoms with van der Waals surface area (Å²) in [5.41, 5.74) is 0.250. The molecule has 1 atom stereocenters. The molecule has 2 N–H and O–H groups in total. The van der Waals surface area contributed by atoms with Crippen LogP contribution < -0.4 is 10.1 Å². The van der Waals surface area contributed by atoms with Gasteiger partial charge in [0.2, 0.25) is 0 Å². The molecular formula is C15H21ClN2O3. The molecule has 5 nitrogen and oxygen atoms in total. The fourth-order valence-electron chi connectivity index (χ4n) is 1.96. The van der Waals surface area contributed by atoms with Crippen LogP contribution >= 0.6 is 11.6 Å². The predicted molar refractivity (Wildman–Crippen MR) is 80.7 cm³/mol. The molecule has 0 bridgehead atoms. The largest absolute Gasteiger partial charge is 0.492 e. The van der Waals surface area contributed by atoms with Gasteiger partial charge >= 0.3 is 0 Å². The van der Waals surface area contributed by atoms with E-state index >= 15 is 0 Å². The smallest absolute Gasteiger partial charge is 0.270 e. The molecule has 0 saturated heterocycles. The summed E-state index contributed by atoms with van der Waals surface area (Å²) in [6.07, 6.45) is 5.40. The molecule has 0 aromatic carbocycles. The molecule has 1 fully saturated rings. The van der Waals surface area contributed by atoms with Gasteiger partial charge in [0.1, 0.15) is 16.5 Å². The molecule has 1 amide bonds. The van der Waals surface area contributed by atoms with Crippen LogP contribution in [0.1, 0.15) is 43.1 Å². The van der Waals surface area contributed by atoms with Gasteiger partial charge in [-0.15, -0.1) is 0 Å². The van der Waals surface area contributed by atoms with Crippen molar-refractivity contribution < 1.29 is 14.6 Å². The van der Waals surface area contributed by atoms with E-state index in [9.17, 15) is 9.90 Å². The third kappa shape index (κ3) is 4.86. The Morgan fingerprint density at radius 2 is 2.38 bits per heavy atom. The molecule has 1 aromatic heterocycles. The van der Waals surface area contributed by atoms with Crippen molar-refractivity contribution in [3.05, 3.63) is 23.0 Å². The number of amides is 1. The topological polar surface area (TPSA) is 71.5 Å². The van der Waals surface area contributed by atoms with Crippen LogP contribution in [0.5, 0.6) is 5.75 Å². The van der Waals surface area contributed by atoms with E-state index in [0.717, 1.165) is 12.8 Å². The number of hydrogen-bond acceptors (Lipinski definition) is 4. The van der Waals surface area contributed by atoms with Crippen LogP contribution in [0.4, 0.5) is 0 Å². The number of rotatable bonds is 8. The first-order valence-corrected chi connectivity index (χ1v) is 7.71. The molecular weight excluding hydrogens is 292 g/mol. The Morgan fingerprint density at radius 1 is 1.62 bits per heavy atom. The van der Waals surface area contributed by atoms with Crippen LogP contribution in [0, 0.1) is 5.92 Å². The first kappa shape index (κ1) is 16.0. The molecule has 21 heavy (non-hydrogen) atoms. The average molecular weight is 313 g/mol. The van der Waals surface area contributed by atoms with E-state index in [4.69, 9.17) is 16.3 Å². The molecule has 0 radical (unpaired) electrons. The normalized spacial score (nSPS) is 15.6. The van der Waals surface area contributed by atoms with E-state index in [-0.39, 0.29) is 24.2 Å². The Bertz CT molecular complexity index is 492. The number of pyridine rings is 1. The summed E-state index contributed by atoms with van der Waals surface area (Å²) in [7, 11) is 0. The van der Waals surface area contributed by atoms with Crippen LogP contribution in [0.25, 0.3) is 0 Å². The van der Waals surface area contributed by atoms with Gasteiger partial charge in [0.05, 0.1) is 25.5 Å². The lowest BCUT2D eigenvalue weighted by Gasteiger charge is -2.15. The Kier molecular flexibility index (Phi) is 5.82. The fraction of sp³-hybridized carbons (Fsp3) is 0.600. The SMILES string of the molecule is CCC[C@H](CO)NC(=O)c1cc(OCC2CC2)c(Cl)cn1. The lowest BCUT2D eigenvalue weighted by molar-refractivity contribution is 0.0907. The highest BCUT2D eigenvalue weighted by atomic mass is 35.5. The lowest BCUT2D eigenvalue weighted by atomic mass is 10.1. The Balaban J connectivity index is 2.00. The van der Waals surface area contributed by atoms with Crippen LogP contribution in [-0.2, 0) is 0 Å². The maximum absolute atomic E-state index is 12.1. The first-order chi connectivity index (χ1) is 10.1. The molecule has 0 aliphatic heterocycles. The third-order valence-corrected chi connectivity index (χ3v) is 3.70. The molecule has 1 aliphatic carbocycles. The van der Waals surface area contributed by atoms with Gasteiger partial charge in [-0.05, 0) is 25.2 Å². The second-order valence-corrected chi connectivity index (χ2v) is 5.80. The zero-order chi connectivity index (χ0) is 15.2. The summed E-state index contributed by atoms with van der Waals surface area (Å²) >= 11 is 6.03. The van der Waals surface area contributed by atoms with E-state index in [0.29, 0.717) is 23.3 Å². The minimum atomic E-state index is -0.324. The Morgan fingerprint density at radius 3 is 3.00 bits per heavy atom. The van der Waals surface area contributed by atoms with Gasteiger partial charge in [0.25, 0.3) is 5.91 Å². The summed E-state index contributed by atoms with van der Waals surface area (Å²) in [5.74, 6) is 0.769. The van der Waals surface area contributed by atoms with Gasteiger partial charge in [-0.25, -0.2) is 4.98 Å². The van der Waals surface area contributed by atoms with Crippen molar-refractivity contribution in [3.8, 4) is 5.75 Å². The van der Waals surface area contributed by atoms with Gasteiger partial charge in [-0.3, -0.25) is 4.79 Å². The van der Waals surface area contributed by atoms with Gasteiger partial charge in [-0.2, -0.15) is 0 Å². The molecule has 1 aliphatic rings. The van der Waals surface area contributed by atoms with Gasteiger partial charge < -0.3 is 15.2 Å². The summed E-state index contributed by atoms with van der Waals surface area (Å²) < 4.78 is 5.63. The average Bonchev–Trinajstić information content (AvgIpc) is 3.30. The number of nitrogens with zero attached hydrogens (tertiary/aromatic N) is 1. The van der Waals surface area contributed by atoms with E-state index in [1.54, 1.807) is 6.07 Å². The quantitative estimate of drug-likeness (QED) is 0.773.